The second-order valence-corrected chi connectivity index (χ2v) is 5.67. The number of halogens is 1. The molecule has 1 saturated heterocycles. The second kappa shape index (κ2) is 6.91. The van der Waals surface area contributed by atoms with Crippen LogP contribution in [0, 0.1) is 5.82 Å². The zero-order valence-corrected chi connectivity index (χ0v) is 11.5. The fourth-order valence-electron chi connectivity index (χ4n) is 2.27. The molecular weight excluding hydrogens is 265 g/mol. The van der Waals surface area contributed by atoms with Crippen molar-refractivity contribution in [2.75, 3.05) is 18.9 Å². The lowest BCUT2D eigenvalue weighted by molar-refractivity contribution is -0.129. The van der Waals surface area contributed by atoms with E-state index in [0.29, 0.717) is 11.5 Å². The van der Waals surface area contributed by atoms with Crippen molar-refractivity contribution >= 4 is 17.7 Å². The minimum atomic E-state index is -0.243. The van der Waals surface area contributed by atoms with Gasteiger partial charge in [0.15, 0.2) is 0 Å². The third kappa shape index (κ3) is 3.94. The Labute approximate surface area is 116 Å². The first-order valence-corrected chi connectivity index (χ1v) is 7.58. The van der Waals surface area contributed by atoms with Crippen molar-refractivity contribution < 1.29 is 14.3 Å². The monoisotopic (exact) mass is 283 g/mol. The van der Waals surface area contributed by atoms with Gasteiger partial charge in [0.2, 0.25) is 5.91 Å². The number of hydrogen-bond acceptors (Lipinski definition) is 3. The number of likely N-dealkylation sites (tertiary alicyclic amines) is 1. The van der Waals surface area contributed by atoms with Crippen LogP contribution in [0.1, 0.15) is 18.4 Å². The van der Waals surface area contributed by atoms with Crippen LogP contribution in [0.3, 0.4) is 0 Å². The molecule has 0 aliphatic carbocycles. The molecule has 1 aliphatic heterocycles. The highest BCUT2D eigenvalue weighted by Gasteiger charge is 2.27. The Morgan fingerprint density at radius 1 is 1.42 bits per heavy atom. The molecule has 104 valence electrons. The quantitative estimate of drug-likeness (QED) is 0.899. The molecule has 1 aromatic rings. The van der Waals surface area contributed by atoms with Crippen molar-refractivity contribution in [2.24, 2.45) is 0 Å². The maximum atomic E-state index is 12.7. The van der Waals surface area contributed by atoms with Gasteiger partial charge in [-0.15, -0.1) is 11.8 Å². The van der Waals surface area contributed by atoms with Gasteiger partial charge in [0.1, 0.15) is 5.82 Å². The highest BCUT2D eigenvalue weighted by Crippen LogP contribution is 2.19. The molecule has 1 aliphatic rings. The summed E-state index contributed by atoms with van der Waals surface area (Å²) in [6, 6.07) is 6.33. The lowest BCUT2D eigenvalue weighted by Gasteiger charge is -2.22. The average Bonchev–Trinajstić information content (AvgIpc) is 2.89. The molecule has 1 fully saturated rings. The Bertz CT molecular complexity index is 424. The number of benzene rings is 1. The summed E-state index contributed by atoms with van der Waals surface area (Å²) in [5.41, 5.74) is 1.01. The van der Waals surface area contributed by atoms with Crippen molar-refractivity contribution in [1.82, 2.24) is 4.90 Å². The molecule has 1 aromatic carbocycles. The molecule has 19 heavy (non-hydrogen) atoms. The fraction of sp³-hybridized carbons (Fsp3) is 0.500. The van der Waals surface area contributed by atoms with Crippen LogP contribution in [0.15, 0.2) is 24.3 Å². The molecular formula is C14H18FNO2S. The molecule has 1 atom stereocenters. The number of nitrogens with zero attached hydrogens (tertiary/aromatic N) is 1. The summed E-state index contributed by atoms with van der Waals surface area (Å²) in [5, 5.41) is 9.18. The number of carbonyl (C=O) groups excluding carboxylic acids is 1. The van der Waals surface area contributed by atoms with Crippen LogP contribution in [-0.2, 0) is 10.5 Å². The molecule has 0 aromatic heterocycles. The van der Waals surface area contributed by atoms with Gasteiger partial charge in [-0.1, -0.05) is 12.1 Å². The van der Waals surface area contributed by atoms with Gasteiger partial charge in [-0.25, -0.2) is 4.39 Å². The van der Waals surface area contributed by atoms with Gasteiger partial charge in [0.25, 0.3) is 0 Å². The van der Waals surface area contributed by atoms with Gasteiger partial charge in [-0.05, 0) is 30.5 Å². The van der Waals surface area contributed by atoms with Gasteiger partial charge in [-0.3, -0.25) is 4.79 Å². The first-order chi connectivity index (χ1) is 9.20. The molecule has 1 N–H and O–H groups in total. The lowest BCUT2D eigenvalue weighted by Crippen LogP contribution is -2.38. The number of amides is 1. The first-order valence-electron chi connectivity index (χ1n) is 6.43. The molecule has 2 rings (SSSR count). The van der Waals surface area contributed by atoms with E-state index in [4.69, 9.17) is 0 Å². The molecule has 1 amide bonds. The van der Waals surface area contributed by atoms with Crippen molar-refractivity contribution in [2.45, 2.75) is 24.6 Å². The Hall–Kier alpha value is -1.07. The zero-order valence-electron chi connectivity index (χ0n) is 10.7. The molecule has 3 nitrogen and oxygen atoms in total. The van der Waals surface area contributed by atoms with Crippen molar-refractivity contribution in [3.63, 3.8) is 0 Å². The fourth-order valence-corrected chi connectivity index (χ4v) is 3.14. The van der Waals surface area contributed by atoms with Gasteiger partial charge >= 0.3 is 0 Å². The summed E-state index contributed by atoms with van der Waals surface area (Å²) in [6.45, 7) is 0.801. The van der Waals surface area contributed by atoms with E-state index >= 15 is 0 Å². The Morgan fingerprint density at radius 3 is 2.84 bits per heavy atom. The Kier molecular flexibility index (Phi) is 5.22. The molecule has 1 heterocycles. The zero-order chi connectivity index (χ0) is 13.7. The van der Waals surface area contributed by atoms with Crippen LogP contribution >= 0.6 is 11.8 Å². The van der Waals surface area contributed by atoms with Crippen LogP contribution in [0.25, 0.3) is 0 Å². The first kappa shape index (κ1) is 14.3. The van der Waals surface area contributed by atoms with Crippen molar-refractivity contribution in [3.05, 3.63) is 35.6 Å². The van der Waals surface area contributed by atoms with E-state index in [1.165, 1.54) is 23.9 Å². The Balaban J connectivity index is 1.76. The Morgan fingerprint density at radius 2 is 2.16 bits per heavy atom. The highest BCUT2D eigenvalue weighted by atomic mass is 32.2. The predicted octanol–water partition coefficient (Wildman–Crippen LogP) is 2.04. The minimum Gasteiger partial charge on any atom is -0.394 e. The van der Waals surface area contributed by atoms with Crippen LogP contribution < -0.4 is 0 Å². The number of aliphatic hydroxyl groups excluding tert-OH is 1. The summed E-state index contributed by atoms with van der Waals surface area (Å²) in [4.78, 5) is 13.8. The lowest BCUT2D eigenvalue weighted by atomic mass is 10.2. The molecule has 0 spiro atoms. The smallest absolute Gasteiger partial charge is 0.232 e. The van der Waals surface area contributed by atoms with E-state index < -0.39 is 0 Å². The van der Waals surface area contributed by atoms with E-state index in [9.17, 15) is 14.3 Å². The molecule has 0 radical (unpaired) electrons. The van der Waals surface area contributed by atoms with E-state index in [2.05, 4.69) is 0 Å². The van der Waals surface area contributed by atoms with Crippen molar-refractivity contribution in [1.29, 1.82) is 0 Å². The summed E-state index contributed by atoms with van der Waals surface area (Å²) in [7, 11) is 0. The third-order valence-electron chi connectivity index (χ3n) is 3.32. The average molecular weight is 283 g/mol. The van der Waals surface area contributed by atoms with Crippen LogP contribution in [-0.4, -0.2) is 40.9 Å². The van der Waals surface area contributed by atoms with E-state index in [0.717, 1.165) is 24.9 Å². The van der Waals surface area contributed by atoms with Crippen LogP contribution in [0.5, 0.6) is 0 Å². The van der Waals surface area contributed by atoms with Gasteiger partial charge in [-0.2, -0.15) is 0 Å². The maximum Gasteiger partial charge on any atom is 0.232 e. The predicted molar refractivity (Wildman–Crippen MR) is 74.4 cm³/mol. The molecule has 0 unspecified atom stereocenters. The van der Waals surface area contributed by atoms with Gasteiger partial charge < -0.3 is 10.0 Å². The normalized spacial score (nSPS) is 18.8. The molecule has 0 saturated carbocycles. The van der Waals surface area contributed by atoms with Crippen LogP contribution in [0.2, 0.25) is 0 Å². The standard InChI is InChI=1S/C14H18FNO2S/c15-12-5-3-11(4-6-12)9-19-10-14(18)16-7-1-2-13(16)8-17/h3-6,13,17H,1-2,7-10H2/t13-/m0/s1. The number of hydrogen-bond donors (Lipinski definition) is 1. The summed E-state index contributed by atoms with van der Waals surface area (Å²) in [6.07, 6.45) is 1.87. The number of rotatable bonds is 5. The second-order valence-electron chi connectivity index (χ2n) is 4.69. The summed E-state index contributed by atoms with van der Waals surface area (Å²) in [5.74, 6) is 0.952. The number of aliphatic hydroxyl groups is 1. The topological polar surface area (TPSA) is 40.5 Å². The van der Waals surface area contributed by atoms with Crippen LogP contribution in [0.4, 0.5) is 4.39 Å². The van der Waals surface area contributed by atoms with E-state index in [1.54, 1.807) is 17.0 Å². The van der Waals surface area contributed by atoms with E-state index in [1.807, 2.05) is 0 Å². The third-order valence-corrected chi connectivity index (χ3v) is 4.30. The maximum absolute atomic E-state index is 12.7. The van der Waals surface area contributed by atoms with Crippen molar-refractivity contribution in [3.8, 4) is 0 Å². The highest BCUT2D eigenvalue weighted by molar-refractivity contribution is 7.99. The van der Waals surface area contributed by atoms with Gasteiger partial charge in [0, 0.05) is 12.3 Å². The minimum absolute atomic E-state index is 0.000999. The largest absolute Gasteiger partial charge is 0.394 e. The number of carbonyl (C=O) groups is 1. The molecule has 0 bridgehead atoms. The number of thioether (sulfide) groups is 1. The van der Waals surface area contributed by atoms with Gasteiger partial charge in [0.05, 0.1) is 18.4 Å². The molecule has 5 heteroatoms. The summed E-state index contributed by atoms with van der Waals surface area (Å²) >= 11 is 1.52. The SMILES string of the molecule is O=C(CSCc1ccc(F)cc1)N1CCC[C@H]1CO. The van der Waals surface area contributed by atoms with E-state index in [-0.39, 0.29) is 24.4 Å². The summed E-state index contributed by atoms with van der Waals surface area (Å²) < 4.78 is 12.7.